The lowest BCUT2D eigenvalue weighted by Gasteiger charge is -2.71. The highest BCUT2D eigenvalue weighted by Gasteiger charge is 2.72. The highest BCUT2D eigenvalue weighted by Crippen LogP contribution is 2.77. The molecule has 5 aliphatic carbocycles. The SMILES string of the molecule is C=CCc1ccc(OC(=O)[C@]23CC[C@@H](C(C)(C)C)C2C2CCC4[C@@]5(C)CCC(=O)[C@H](C)[C@@H](C)C5CC[C@@]4(C)[C@]2(C)CC3)c(OC)c1. The van der Waals surface area contributed by atoms with Crippen LogP contribution in [0.25, 0.3) is 0 Å². The van der Waals surface area contributed by atoms with Gasteiger partial charge in [-0.1, -0.05) is 67.5 Å². The number of hydrogen-bond donors (Lipinski definition) is 0. The molecule has 1 aromatic carbocycles. The summed E-state index contributed by atoms with van der Waals surface area (Å²) in [5, 5.41) is 0. The van der Waals surface area contributed by atoms with E-state index in [1.165, 1.54) is 25.7 Å². The Hall–Kier alpha value is -2.10. The van der Waals surface area contributed by atoms with Crippen LogP contribution in [0.4, 0.5) is 0 Å². The molecule has 6 rings (SSSR count). The second-order valence-corrected chi connectivity index (χ2v) is 18.4. The topological polar surface area (TPSA) is 52.6 Å². The Balaban J connectivity index is 1.37. The van der Waals surface area contributed by atoms with Gasteiger partial charge in [-0.3, -0.25) is 9.59 Å². The van der Waals surface area contributed by atoms with Crippen molar-refractivity contribution < 1.29 is 19.1 Å². The Morgan fingerprint density at radius 3 is 2.35 bits per heavy atom. The van der Waals surface area contributed by atoms with Crippen LogP contribution in [0.5, 0.6) is 11.5 Å². The van der Waals surface area contributed by atoms with Crippen molar-refractivity contribution in [2.24, 2.45) is 68.5 Å². The molecule has 0 bridgehead atoms. The predicted molar refractivity (Wildman–Crippen MR) is 186 cm³/mol. The molecule has 0 aliphatic heterocycles. The molecule has 4 heteroatoms. The van der Waals surface area contributed by atoms with Crippen molar-refractivity contribution in [2.75, 3.05) is 7.11 Å². The highest BCUT2D eigenvalue weighted by atomic mass is 16.6. The summed E-state index contributed by atoms with van der Waals surface area (Å²) in [5.74, 6) is 4.74. The summed E-state index contributed by atoms with van der Waals surface area (Å²) < 4.78 is 12.2. The Morgan fingerprint density at radius 1 is 0.935 bits per heavy atom. The van der Waals surface area contributed by atoms with Gasteiger partial charge in [0.1, 0.15) is 5.78 Å². The molecule has 254 valence electrons. The lowest BCUT2D eigenvalue weighted by molar-refractivity contribution is -0.229. The number of carbonyl (C=O) groups is 2. The van der Waals surface area contributed by atoms with Gasteiger partial charge < -0.3 is 9.47 Å². The maximum Gasteiger partial charge on any atom is 0.317 e. The fraction of sp³-hybridized carbons (Fsp3) is 0.762. The number of Topliss-reactive ketones (excluding diaryl/α,β-unsaturated/α-hetero) is 1. The molecule has 0 spiro atoms. The van der Waals surface area contributed by atoms with Gasteiger partial charge in [-0.05, 0) is 139 Å². The monoisotopic (exact) mass is 630 g/mol. The average molecular weight is 631 g/mol. The van der Waals surface area contributed by atoms with Crippen molar-refractivity contribution in [3.05, 3.63) is 36.4 Å². The molecular formula is C42H62O4. The zero-order valence-corrected chi connectivity index (χ0v) is 30.5. The fourth-order valence-corrected chi connectivity index (χ4v) is 13.1. The van der Waals surface area contributed by atoms with Gasteiger partial charge in [0.25, 0.3) is 0 Å². The molecular weight excluding hydrogens is 568 g/mol. The molecule has 46 heavy (non-hydrogen) atoms. The van der Waals surface area contributed by atoms with Gasteiger partial charge in [-0.2, -0.15) is 0 Å². The quantitative estimate of drug-likeness (QED) is 0.185. The Kier molecular flexibility index (Phi) is 8.45. The standard InChI is InChI=1S/C42H62O4/c1-11-12-28-13-15-33(34(25-28)45-10)46-37(44)42-22-18-30(38(4,5)6)36(42)31-14-16-35-39(7)20-19-32(43)27(3)26(2)29(39)17-21-41(35,9)40(31,8)23-24-42/h11,13,15,25-27,29-31,35-36H,1,12,14,16-24H2,2-10H3/t26-,27-,29?,30-,31?,35?,36?,39+,40-,41-,42+/m1/s1. The minimum atomic E-state index is -0.462. The van der Waals surface area contributed by atoms with E-state index in [0.717, 1.165) is 50.5 Å². The lowest BCUT2D eigenvalue weighted by atomic mass is 9.33. The number of ketones is 1. The van der Waals surface area contributed by atoms with Crippen LogP contribution in [0.1, 0.15) is 125 Å². The van der Waals surface area contributed by atoms with Crippen molar-refractivity contribution in [3.8, 4) is 11.5 Å². The summed E-state index contributed by atoms with van der Waals surface area (Å²) in [6, 6.07) is 5.91. The fourth-order valence-electron chi connectivity index (χ4n) is 13.1. The molecule has 0 radical (unpaired) electrons. The van der Waals surface area contributed by atoms with Crippen LogP contribution in [0.15, 0.2) is 30.9 Å². The van der Waals surface area contributed by atoms with Crippen LogP contribution in [0, 0.1) is 68.5 Å². The summed E-state index contributed by atoms with van der Waals surface area (Å²) in [7, 11) is 1.66. The van der Waals surface area contributed by atoms with Crippen LogP contribution in [0.3, 0.4) is 0 Å². The van der Waals surface area contributed by atoms with E-state index in [4.69, 9.17) is 9.47 Å². The van der Waals surface area contributed by atoms with Crippen molar-refractivity contribution in [3.63, 3.8) is 0 Å². The van der Waals surface area contributed by atoms with E-state index >= 15 is 0 Å². The number of esters is 1. The molecule has 5 aliphatic rings. The molecule has 0 heterocycles. The summed E-state index contributed by atoms with van der Waals surface area (Å²) in [6.45, 7) is 23.5. The number of ether oxygens (including phenoxy) is 2. The first-order valence-electron chi connectivity index (χ1n) is 18.6. The number of allylic oxidation sites excluding steroid dienone is 1. The van der Waals surface area contributed by atoms with Gasteiger partial charge in [0.2, 0.25) is 0 Å². The van der Waals surface area contributed by atoms with E-state index in [9.17, 15) is 9.59 Å². The molecule has 1 aromatic rings. The van der Waals surface area contributed by atoms with Gasteiger partial charge >= 0.3 is 5.97 Å². The highest BCUT2D eigenvalue weighted by molar-refractivity contribution is 5.82. The number of fused-ring (bicyclic) bond motifs is 7. The maximum atomic E-state index is 14.7. The molecule has 0 aromatic heterocycles. The predicted octanol–water partition coefficient (Wildman–Crippen LogP) is 10.3. The number of rotatable bonds is 5. The van der Waals surface area contributed by atoms with E-state index < -0.39 is 5.41 Å². The molecule has 0 amide bonds. The van der Waals surface area contributed by atoms with E-state index in [1.807, 2.05) is 24.3 Å². The number of benzene rings is 1. The number of methoxy groups -OCH3 is 1. The largest absolute Gasteiger partial charge is 0.493 e. The van der Waals surface area contributed by atoms with E-state index in [1.54, 1.807) is 7.11 Å². The average Bonchev–Trinajstić information content (AvgIpc) is 3.39. The van der Waals surface area contributed by atoms with Crippen molar-refractivity contribution in [1.82, 2.24) is 0 Å². The van der Waals surface area contributed by atoms with E-state index in [0.29, 0.717) is 52.8 Å². The first-order chi connectivity index (χ1) is 21.6. The van der Waals surface area contributed by atoms with Crippen LogP contribution in [-0.2, 0) is 16.0 Å². The van der Waals surface area contributed by atoms with E-state index in [-0.39, 0.29) is 33.5 Å². The minimum absolute atomic E-state index is 0.0332. The lowest BCUT2D eigenvalue weighted by Crippen LogP contribution is -2.65. The van der Waals surface area contributed by atoms with Gasteiger partial charge in [0.05, 0.1) is 12.5 Å². The third kappa shape index (κ3) is 4.80. The summed E-state index contributed by atoms with van der Waals surface area (Å²) in [4.78, 5) is 27.9. The van der Waals surface area contributed by atoms with Crippen LogP contribution in [0.2, 0.25) is 0 Å². The van der Waals surface area contributed by atoms with Gasteiger partial charge in [0, 0.05) is 12.3 Å². The zero-order valence-electron chi connectivity index (χ0n) is 30.5. The summed E-state index contributed by atoms with van der Waals surface area (Å²) in [5.41, 5.74) is 1.30. The second-order valence-electron chi connectivity index (χ2n) is 18.4. The summed E-state index contributed by atoms with van der Waals surface area (Å²) in [6.07, 6.45) is 13.3. The molecule has 5 saturated carbocycles. The summed E-state index contributed by atoms with van der Waals surface area (Å²) >= 11 is 0. The Labute approximate surface area is 279 Å². The van der Waals surface area contributed by atoms with E-state index in [2.05, 4.69) is 62.0 Å². The number of hydrogen-bond acceptors (Lipinski definition) is 4. The molecule has 11 atom stereocenters. The third-order valence-electron chi connectivity index (χ3n) is 15.9. The molecule has 0 saturated heterocycles. The van der Waals surface area contributed by atoms with Crippen molar-refractivity contribution >= 4 is 11.8 Å². The van der Waals surface area contributed by atoms with Gasteiger partial charge in [-0.25, -0.2) is 0 Å². The number of carbonyl (C=O) groups excluding carboxylic acids is 2. The first kappa shape index (κ1) is 33.8. The Morgan fingerprint density at radius 2 is 1.67 bits per heavy atom. The molecule has 5 fully saturated rings. The molecule has 4 unspecified atom stereocenters. The Bertz CT molecular complexity index is 1370. The van der Waals surface area contributed by atoms with Crippen molar-refractivity contribution in [1.29, 1.82) is 0 Å². The van der Waals surface area contributed by atoms with Crippen LogP contribution >= 0.6 is 0 Å². The van der Waals surface area contributed by atoms with Gasteiger partial charge in [0.15, 0.2) is 11.5 Å². The van der Waals surface area contributed by atoms with Crippen LogP contribution < -0.4 is 9.47 Å². The minimum Gasteiger partial charge on any atom is -0.493 e. The first-order valence-corrected chi connectivity index (χ1v) is 18.6. The van der Waals surface area contributed by atoms with Gasteiger partial charge in [-0.15, -0.1) is 6.58 Å². The zero-order chi connectivity index (χ0) is 33.4. The van der Waals surface area contributed by atoms with Crippen LogP contribution in [-0.4, -0.2) is 18.9 Å². The third-order valence-corrected chi connectivity index (χ3v) is 15.9. The maximum absolute atomic E-state index is 14.7. The van der Waals surface area contributed by atoms with Crippen molar-refractivity contribution in [2.45, 2.75) is 126 Å². The molecule has 0 N–H and O–H groups in total. The molecule has 4 nitrogen and oxygen atoms in total. The second kappa shape index (κ2) is 11.5. The normalized spacial score (nSPS) is 43.8. The smallest absolute Gasteiger partial charge is 0.317 e.